The average Bonchev–Trinajstić information content (AvgIpc) is 3.03. The standard InChI is InChI=1S/C19H16Cl2N2O/c1-2-24-15-7-3-13(4-8-15)5-10-19-22-12-18(23-19)16-9-6-14(20)11-17(16)21/h3-12H,2H2,1H3,(H,22,23). The minimum Gasteiger partial charge on any atom is -0.494 e. The number of H-pyrrole nitrogens is 1. The molecular weight excluding hydrogens is 343 g/mol. The van der Waals surface area contributed by atoms with E-state index < -0.39 is 0 Å². The van der Waals surface area contributed by atoms with Crippen molar-refractivity contribution in [2.45, 2.75) is 6.92 Å². The fourth-order valence-electron chi connectivity index (χ4n) is 2.28. The van der Waals surface area contributed by atoms with Crippen molar-refractivity contribution in [1.82, 2.24) is 9.97 Å². The summed E-state index contributed by atoms with van der Waals surface area (Å²) in [5.74, 6) is 1.62. The van der Waals surface area contributed by atoms with E-state index in [9.17, 15) is 0 Å². The zero-order valence-corrected chi connectivity index (χ0v) is 14.6. The van der Waals surface area contributed by atoms with Gasteiger partial charge in [-0.25, -0.2) is 4.98 Å². The molecule has 0 unspecified atom stereocenters. The summed E-state index contributed by atoms with van der Waals surface area (Å²) in [6.07, 6.45) is 5.66. The summed E-state index contributed by atoms with van der Waals surface area (Å²) in [7, 11) is 0. The van der Waals surface area contributed by atoms with Crippen molar-refractivity contribution in [3.63, 3.8) is 0 Å². The maximum absolute atomic E-state index is 6.22. The van der Waals surface area contributed by atoms with Gasteiger partial charge in [0.15, 0.2) is 0 Å². The van der Waals surface area contributed by atoms with E-state index >= 15 is 0 Å². The molecule has 1 N–H and O–H groups in total. The van der Waals surface area contributed by atoms with Crippen molar-refractivity contribution >= 4 is 35.4 Å². The number of nitrogens with zero attached hydrogens (tertiary/aromatic N) is 1. The first-order chi connectivity index (χ1) is 11.7. The summed E-state index contributed by atoms with van der Waals surface area (Å²) < 4.78 is 5.43. The molecule has 3 aromatic rings. The molecule has 24 heavy (non-hydrogen) atoms. The third kappa shape index (κ3) is 3.99. The average molecular weight is 359 g/mol. The van der Waals surface area contributed by atoms with Crippen LogP contribution in [0, 0.1) is 0 Å². The van der Waals surface area contributed by atoms with Gasteiger partial charge in [-0.1, -0.05) is 41.4 Å². The lowest BCUT2D eigenvalue weighted by Crippen LogP contribution is -1.90. The van der Waals surface area contributed by atoms with Crippen LogP contribution in [-0.2, 0) is 0 Å². The summed E-state index contributed by atoms with van der Waals surface area (Å²) in [6, 6.07) is 13.3. The van der Waals surface area contributed by atoms with Crippen LogP contribution in [-0.4, -0.2) is 16.6 Å². The maximum atomic E-state index is 6.22. The summed E-state index contributed by atoms with van der Waals surface area (Å²) in [5, 5.41) is 1.20. The molecule has 0 atom stereocenters. The Labute approximate surface area is 150 Å². The molecule has 0 aliphatic carbocycles. The molecule has 2 aromatic carbocycles. The van der Waals surface area contributed by atoms with Crippen molar-refractivity contribution in [2.24, 2.45) is 0 Å². The van der Waals surface area contributed by atoms with Crippen molar-refractivity contribution in [3.05, 3.63) is 70.1 Å². The SMILES string of the molecule is CCOc1ccc(C=Cc2ncc(-c3ccc(Cl)cc3Cl)[nH]2)cc1. The van der Waals surface area contributed by atoms with Gasteiger partial charge in [0.25, 0.3) is 0 Å². The van der Waals surface area contributed by atoms with Gasteiger partial charge in [0.2, 0.25) is 0 Å². The van der Waals surface area contributed by atoms with Crippen LogP contribution in [0.4, 0.5) is 0 Å². The smallest absolute Gasteiger partial charge is 0.130 e. The van der Waals surface area contributed by atoms with Gasteiger partial charge in [0.05, 0.1) is 23.5 Å². The lowest BCUT2D eigenvalue weighted by atomic mass is 10.2. The van der Waals surface area contributed by atoms with Gasteiger partial charge in [-0.2, -0.15) is 0 Å². The largest absolute Gasteiger partial charge is 0.494 e. The number of rotatable bonds is 5. The van der Waals surface area contributed by atoms with Gasteiger partial charge in [-0.05, 0) is 48.9 Å². The van der Waals surface area contributed by atoms with E-state index in [4.69, 9.17) is 27.9 Å². The fraction of sp³-hybridized carbons (Fsp3) is 0.105. The Balaban J connectivity index is 1.75. The highest BCUT2D eigenvalue weighted by molar-refractivity contribution is 6.36. The van der Waals surface area contributed by atoms with Crippen LogP contribution in [0.15, 0.2) is 48.7 Å². The van der Waals surface area contributed by atoms with E-state index in [1.54, 1.807) is 18.3 Å². The molecule has 5 heteroatoms. The zero-order chi connectivity index (χ0) is 16.9. The third-order valence-corrected chi connectivity index (χ3v) is 3.99. The van der Waals surface area contributed by atoms with Crippen LogP contribution in [0.5, 0.6) is 5.75 Å². The van der Waals surface area contributed by atoms with Crippen LogP contribution in [0.1, 0.15) is 18.3 Å². The molecule has 3 nitrogen and oxygen atoms in total. The molecule has 0 aliphatic rings. The van der Waals surface area contributed by atoms with Gasteiger partial charge in [0.1, 0.15) is 11.6 Å². The van der Waals surface area contributed by atoms with E-state index in [1.165, 1.54) is 0 Å². The highest BCUT2D eigenvalue weighted by Crippen LogP contribution is 2.29. The van der Waals surface area contributed by atoms with Crippen molar-refractivity contribution in [2.75, 3.05) is 6.61 Å². The van der Waals surface area contributed by atoms with E-state index in [0.29, 0.717) is 16.7 Å². The van der Waals surface area contributed by atoms with Crippen LogP contribution in [0.25, 0.3) is 23.4 Å². The van der Waals surface area contributed by atoms with E-state index in [0.717, 1.165) is 28.4 Å². The summed E-state index contributed by atoms with van der Waals surface area (Å²) >= 11 is 12.2. The molecule has 1 aromatic heterocycles. The molecule has 122 valence electrons. The Morgan fingerprint density at radius 2 is 1.88 bits per heavy atom. The van der Waals surface area contributed by atoms with Gasteiger partial charge in [0, 0.05) is 10.6 Å². The second-order valence-corrected chi connectivity index (χ2v) is 5.99. The number of aromatic amines is 1. The molecule has 3 rings (SSSR count). The number of hydrogen-bond donors (Lipinski definition) is 1. The number of nitrogens with one attached hydrogen (secondary N) is 1. The number of benzene rings is 2. The lowest BCUT2D eigenvalue weighted by Gasteiger charge is -2.02. The predicted molar refractivity (Wildman–Crippen MR) is 101 cm³/mol. The van der Waals surface area contributed by atoms with Crippen molar-refractivity contribution < 1.29 is 4.74 Å². The fourth-order valence-corrected chi connectivity index (χ4v) is 2.79. The van der Waals surface area contributed by atoms with Crippen LogP contribution in [0.2, 0.25) is 10.0 Å². The Morgan fingerprint density at radius 1 is 1.08 bits per heavy atom. The lowest BCUT2D eigenvalue weighted by molar-refractivity contribution is 0.340. The van der Waals surface area contributed by atoms with Gasteiger partial charge in [-0.15, -0.1) is 0 Å². The number of aromatic nitrogens is 2. The molecule has 0 radical (unpaired) electrons. The second-order valence-electron chi connectivity index (χ2n) is 5.14. The van der Waals surface area contributed by atoms with Crippen molar-refractivity contribution in [3.8, 4) is 17.0 Å². The Kier molecular flexibility index (Phi) is 5.24. The number of halogens is 2. The molecule has 0 bridgehead atoms. The molecule has 0 saturated heterocycles. The van der Waals surface area contributed by atoms with Gasteiger partial charge >= 0.3 is 0 Å². The normalized spacial score (nSPS) is 11.1. The van der Waals surface area contributed by atoms with E-state index in [-0.39, 0.29) is 0 Å². The Morgan fingerprint density at radius 3 is 2.58 bits per heavy atom. The quantitative estimate of drug-likeness (QED) is 0.611. The van der Waals surface area contributed by atoms with E-state index in [1.807, 2.05) is 49.4 Å². The van der Waals surface area contributed by atoms with Crippen LogP contribution < -0.4 is 4.74 Å². The Hall–Kier alpha value is -2.23. The van der Waals surface area contributed by atoms with Crippen LogP contribution in [0.3, 0.4) is 0 Å². The monoisotopic (exact) mass is 358 g/mol. The summed E-state index contributed by atoms with van der Waals surface area (Å²) in [6.45, 7) is 2.63. The van der Waals surface area contributed by atoms with Gasteiger partial charge < -0.3 is 9.72 Å². The highest BCUT2D eigenvalue weighted by atomic mass is 35.5. The molecule has 0 fully saturated rings. The van der Waals surface area contributed by atoms with Crippen LogP contribution >= 0.6 is 23.2 Å². The molecular formula is C19H16Cl2N2O. The third-order valence-electron chi connectivity index (χ3n) is 3.44. The second kappa shape index (κ2) is 7.56. The molecule has 0 spiro atoms. The summed E-state index contributed by atoms with van der Waals surface area (Å²) in [5.41, 5.74) is 2.79. The molecule has 0 amide bonds. The zero-order valence-electron chi connectivity index (χ0n) is 13.1. The first kappa shape index (κ1) is 16.6. The van der Waals surface area contributed by atoms with Gasteiger partial charge in [-0.3, -0.25) is 0 Å². The first-order valence-corrected chi connectivity index (χ1v) is 8.32. The molecule has 1 heterocycles. The number of hydrogen-bond acceptors (Lipinski definition) is 2. The number of ether oxygens (including phenoxy) is 1. The first-order valence-electron chi connectivity index (χ1n) is 7.57. The minimum absolute atomic E-state index is 0.591. The van der Waals surface area contributed by atoms with Crippen molar-refractivity contribution in [1.29, 1.82) is 0 Å². The maximum Gasteiger partial charge on any atom is 0.130 e. The predicted octanol–water partition coefficient (Wildman–Crippen LogP) is 5.95. The minimum atomic E-state index is 0.591. The number of imidazole rings is 1. The molecule has 0 aliphatic heterocycles. The highest BCUT2D eigenvalue weighted by Gasteiger charge is 2.06. The Bertz CT molecular complexity index is 854. The molecule has 0 saturated carbocycles. The summed E-state index contributed by atoms with van der Waals surface area (Å²) in [4.78, 5) is 7.60. The topological polar surface area (TPSA) is 37.9 Å². The van der Waals surface area contributed by atoms with E-state index in [2.05, 4.69) is 9.97 Å².